The second kappa shape index (κ2) is 7.56. The second-order valence-electron chi connectivity index (χ2n) is 5.42. The summed E-state index contributed by atoms with van der Waals surface area (Å²) in [6.07, 6.45) is 7.85. The predicted octanol–water partition coefficient (Wildman–Crippen LogP) is 2.05. The zero-order valence-electron chi connectivity index (χ0n) is 11.8. The predicted molar refractivity (Wildman–Crippen MR) is 76.5 cm³/mol. The van der Waals surface area contributed by atoms with E-state index < -0.39 is 0 Å². The van der Waals surface area contributed by atoms with Crippen LogP contribution in [0.5, 0.6) is 0 Å². The van der Waals surface area contributed by atoms with Gasteiger partial charge in [0.1, 0.15) is 0 Å². The third-order valence-corrected chi connectivity index (χ3v) is 3.86. The van der Waals surface area contributed by atoms with Crippen molar-refractivity contribution in [2.45, 2.75) is 32.6 Å². The van der Waals surface area contributed by atoms with Gasteiger partial charge >= 0.3 is 0 Å². The minimum absolute atomic E-state index is 0.0643. The molecule has 19 heavy (non-hydrogen) atoms. The number of aliphatic imine (C=N–C) groups is 1. The monoisotopic (exact) mass is 264 g/mol. The Balaban J connectivity index is 1.72. The Bertz CT molecular complexity index is 357. The maximum absolute atomic E-state index is 11.9. The highest BCUT2D eigenvalue weighted by atomic mass is 16.5. The molecule has 1 fully saturated rings. The third kappa shape index (κ3) is 4.88. The quantitative estimate of drug-likeness (QED) is 0.780. The summed E-state index contributed by atoms with van der Waals surface area (Å²) < 4.78 is 5.33. The van der Waals surface area contributed by atoms with Crippen LogP contribution in [0.4, 0.5) is 0 Å². The molecule has 1 amide bonds. The van der Waals surface area contributed by atoms with E-state index in [-0.39, 0.29) is 11.8 Å². The molecular formula is C15H24N2O2. The fourth-order valence-corrected chi connectivity index (χ4v) is 2.61. The van der Waals surface area contributed by atoms with E-state index in [1.54, 1.807) is 6.21 Å². The van der Waals surface area contributed by atoms with Crippen LogP contribution in [-0.4, -0.2) is 49.9 Å². The molecule has 0 aliphatic carbocycles. The lowest BCUT2D eigenvalue weighted by Crippen LogP contribution is -2.37. The average Bonchev–Trinajstić information content (AvgIpc) is 2.43. The average molecular weight is 264 g/mol. The van der Waals surface area contributed by atoms with Gasteiger partial charge in [-0.1, -0.05) is 6.08 Å². The van der Waals surface area contributed by atoms with Crippen LogP contribution in [0, 0.1) is 5.92 Å². The number of hydrogen-bond acceptors (Lipinski definition) is 3. The lowest BCUT2D eigenvalue weighted by Gasteiger charge is -2.27. The van der Waals surface area contributed by atoms with E-state index in [2.05, 4.69) is 16.0 Å². The fourth-order valence-electron chi connectivity index (χ4n) is 2.61. The number of amides is 1. The fraction of sp³-hybridized carbons (Fsp3) is 0.733. The Morgan fingerprint density at radius 3 is 3.00 bits per heavy atom. The van der Waals surface area contributed by atoms with Gasteiger partial charge in [-0.15, -0.1) is 0 Å². The van der Waals surface area contributed by atoms with Crippen LogP contribution in [0.3, 0.4) is 0 Å². The normalized spacial score (nSPS) is 28.6. The topological polar surface area (TPSA) is 41.9 Å². The highest BCUT2D eigenvalue weighted by molar-refractivity contribution is 5.92. The van der Waals surface area contributed by atoms with Crippen molar-refractivity contribution in [3.05, 3.63) is 11.6 Å². The highest BCUT2D eigenvalue weighted by Gasteiger charge is 2.18. The first kappa shape index (κ1) is 14.4. The van der Waals surface area contributed by atoms with Crippen LogP contribution in [0.2, 0.25) is 0 Å². The first-order valence-electron chi connectivity index (χ1n) is 7.30. The lowest BCUT2D eigenvalue weighted by atomic mass is 9.95. The summed E-state index contributed by atoms with van der Waals surface area (Å²) in [4.78, 5) is 18.4. The van der Waals surface area contributed by atoms with Crippen molar-refractivity contribution < 1.29 is 9.53 Å². The Kier molecular flexibility index (Phi) is 5.73. The van der Waals surface area contributed by atoms with Gasteiger partial charge in [0.25, 0.3) is 0 Å². The van der Waals surface area contributed by atoms with Crippen LogP contribution >= 0.6 is 0 Å². The zero-order chi connectivity index (χ0) is 13.5. The van der Waals surface area contributed by atoms with E-state index in [9.17, 15) is 4.79 Å². The highest BCUT2D eigenvalue weighted by Crippen LogP contribution is 2.18. The summed E-state index contributed by atoms with van der Waals surface area (Å²) in [5.41, 5.74) is 1.10. The number of nitrogens with zero attached hydrogens (tertiary/aromatic N) is 2. The number of hydrogen-bond donors (Lipinski definition) is 0. The third-order valence-electron chi connectivity index (χ3n) is 3.86. The standard InChI is InChI=1S/C15H24N2O2/c1-13-4-2-5-14(15(18)16-12-13)6-3-7-17-8-10-19-11-9-17/h4,12,14H,2-3,5-11H2,1H3/b13-4-,16-12?. The largest absolute Gasteiger partial charge is 0.379 e. The maximum Gasteiger partial charge on any atom is 0.248 e. The van der Waals surface area contributed by atoms with Gasteiger partial charge in [-0.05, 0) is 44.7 Å². The number of carbonyl (C=O) groups excluding carboxylic acids is 1. The van der Waals surface area contributed by atoms with Crippen molar-refractivity contribution in [2.75, 3.05) is 32.8 Å². The molecule has 0 bridgehead atoms. The molecule has 106 valence electrons. The van der Waals surface area contributed by atoms with E-state index in [1.165, 1.54) is 0 Å². The summed E-state index contributed by atoms with van der Waals surface area (Å²) in [5, 5.41) is 0. The molecule has 4 heteroatoms. The van der Waals surface area contributed by atoms with Crippen LogP contribution in [0.25, 0.3) is 0 Å². The van der Waals surface area contributed by atoms with Crippen molar-refractivity contribution >= 4 is 12.1 Å². The van der Waals surface area contributed by atoms with Gasteiger partial charge < -0.3 is 4.74 Å². The van der Waals surface area contributed by atoms with E-state index in [0.29, 0.717) is 0 Å². The van der Waals surface area contributed by atoms with Crippen molar-refractivity contribution in [1.29, 1.82) is 0 Å². The SMILES string of the molecule is C/C1=C/CCC(CCCN2CCOCC2)C(=O)N=C1. The lowest BCUT2D eigenvalue weighted by molar-refractivity contribution is -0.122. The Labute approximate surface area is 115 Å². The molecule has 0 radical (unpaired) electrons. The van der Waals surface area contributed by atoms with Crippen LogP contribution in [-0.2, 0) is 9.53 Å². The minimum atomic E-state index is 0.0643. The molecule has 4 nitrogen and oxygen atoms in total. The summed E-state index contributed by atoms with van der Waals surface area (Å²) >= 11 is 0. The smallest absolute Gasteiger partial charge is 0.248 e. The second-order valence-corrected chi connectivity index (χ2v) is 5.42. The zero-order valence-corrected chi connectivity index (χ0v) is 11.8. The molecule has 0 N–H and O–H groups in total. The Hall–Kier alpha value is -1.000. The Morgan fingerprint density at radius 2 is 2.21 bits per heavy atom. The maximum atomic E-state index is 11.9. The van der Waals surface area contributed by atoms with Crippen molar-refractivity contribution in [1.82, 2.24) is 4.90 Å². The van der Waals surface area contributed by atoms with Crippen LogP contribution < -0.4 is 0 Å². The van der Waals surface area contributed by atoms with Gasteiger partial charge in [0.2, 0.25) is 5.91 Å². The number of rotatable bonds is 4. The molecular weight excluding hydrogens is 240 g/mol. The Morgan fingerprint density at radius 1 is 1.42 bits per heavy atom. The molecule has 2 aliphatic heterocycles. The molecule has 0 aromatic carbocycles. The number of allylic oxidation sites excluding steroid dienone is 2. The molecule has 1 saturated heterocycles. The molecule has 0 saturated carbocycles. The van der Waals surface area contributed by atoms with Gasteiger partial charge in [-0.25, -0.2) is 4.99 Å². The first-order chi connectivity index (χ1) is 9.25. The van der Waals surface area contributed by atoms with Crippen LogP contribution in [0.1, 0.15) is 32.6 Å². The van der Waals surface area contributed by atoms with Crippen molar-refractivity contribution in [2.24, 2.45) is 10.9 Å². The van der Waals surface area contributed by atoms with Crippen molar-refractivity contribution in [3.8, 4) is 0 Å². The van der Waals surface area contributed by atoms with Crippen LogP contribution in [0.15, 0.2) is 16.6 Å². The summed E-state index contributed by atoms with van der Waals surface area (Å²) in [6, 6.07) is 0. The molecule has 0 spiro atoms. The van der Waals surface area contributed by atoms with E-state index in [1.807, 2.05) is 6.92 Å². The van der Waals surface area contributed by atoms with E-state index >= 15 is 0 Å². The summed E-state index contributed by atoms with van der Waals surface area (Å²) in [5.74, 6) is 0.177. The van der Waals surface area contributed by atoms with Gasteiger partial charge in [0, 0.05) is 25.2 Å². The van der Waals surface area contributed by atoms with Gasteiger partial charge in [0.05, 0.1) is 13.2 Å². The summed E-state index contributed by atoms with van der Waals surface area (Å²) in [7, 11) is 0. The minimum Gasteiger partial charge on any atom is -0.379 e. The van der Waals surface area contributed by atoms with Gasteiger partial charge in [-0.3, -0.25) is 9.69 Å². The molecule has 0 aromatic heterocycles. The first-order valence-corrected chi connectivity index (χ1v) is 7.30. The molecule has 2 heterocycles. The molecule has 1 atom stereocenters. The molecule has 0 aromatic rings. The van der Waals surface area contributed by atoms with E-state index in [4.69, 9.17) is 4.74 Å². The van der Waals surface area contributed by atoms with E-state index in [0.717, 1.165) is 64.1 Å². The number of morpholine rings is 1. The molecule has 2 aliphatic rings. The molecule has 1 unspecified atom stereocenters. The number of ether oxygens (including phenoxy) is 1. The van der Waals surface area contributed by atoms with Gasteiger partial charge in [-0.2, -0.15) is 0 Å². The number of carbonyl (C=O) groups is 1. The van der Waals surface area contributed by atoms with Gasteiger partial charge in [0.15, 0.2) is 0 Å². The van der Waals surface area contributed by atoms with Crippen molar-refractivity contribution in [3.63, 3.8) is 0 Å². The summed E-state index contributed by atoms with van der Waals surface area (Å²) in [6.45, 7) is 6.81. The molecule has 2 rings (SSSR count).